The lowest BCUT2D eigenvalue weighted by molar-refractivity contribution is -0.137. The molecule has 5 nitrogen and oxygen atoms in total. The summed E-state index contributed by atoms with van der Waals surface area (Å²) in [6.07, 6.45) is 1.82. The average molecular weight is 295 g/mol. The third kappa shape index (κ3) is 2.70. The normalized spacial score (nSPS) is 11.0. The van der Waals surface area contributed by atoms with Gasteiger partial charge in [0.1, 0.15) is 11.3 Å². The molecule has 0 aliphatic carbocycles. The van der Waals surface area contributed by atoms with E-state index in [1.807, 2.05) is 48.7 Å². The Morgan fingerprint density at radius 3 is 2.59 bits per heavy atom. The highest BCUT2D eigenvalue weighted by Gasteiger charge is 2.14. The molecule has 0 unspecified atom stereocenters. The van der Waals surface area contributed by atoms with Crippen LogP contribution in [0.4, 0.5) is 0 Å². The largest absolute Gasteiger partial charge is 0.481 e. The predicted molar refractivity (Wildman–Crippen MR) is 84.7 cm³/mol. The molecule has 0 aliphatic rings. The van der Waals surface area contributed by atoms with Gasteiger partial charge in [-0.3, -0.25) is 4.79 Å². The van der Waals surface area contributed by atoms with Crippen molar-refractivity contribution < 1.29 is 9.90 Å². The fourth-order valence-corrected chi connectivity index (χ4v) is 2.45. The van der Waals surface area contributed by atoms with Crippen molar-refractivity contribution in [2.45, 2.75) is 26.8 Å². The van der Waals surface area contributed by atoms with Crippen molar-refractivity contribution in [1.29, 1.82) is 0 Å². The predicted octanol–water partition coefficient (Wildman–Crippen LogP) is 3.19. The molecule has 3 rings (SSSR count). The first-order chi connectivity index (χ1) is 10.5. The molecule has 0 aliphatic heterocycles. The number of carboxylic acids is 1. The van der Waals surface area contributed by atoms with Gasteiger partial charge in [-0.2, -0.15) is 0 Å². The molecule has 112 valence electrons. The van der Waals surface area contributed by atoms with Crippen LogP contribution in [0.5, 0.6) is 0 Å². The van der Waals surface area contributed by atoms with Crippen LogP contribution in [0.1, 0.15) is 17.5 Å². The highest BCUT2D eigenvalue weighted by molar-refractivity contribution is 5.78. The monoisotopic (exact) mass is 295 g/mol. The van der Waals surface area contributed by atoms with E-state index in [1.165, 1.54) is 5.56 Å². The summed E-state index contributed by atoms with van der Waals surface area (Å²) in [5, 5.41) is 8.97. The van der Waals surface area contributed by atoms with E-state index < -0.39 is 5.97 Å². The van der Waals surface area contributed by atoms with E-state index in [0.29, 0.717) is 6.54 Å². The van der Waals surface area contributed by atoms with E-state index in [2.05, 4.69) is 9.97 Å². The number of aliphatic carboxylic acids is 1. The summed E-state index contributed by atoms with van der Waals surface area (Å²) in [6, 6.07) is 10.0. The van der Waals surface area contributed by atoms with Crippen molar-refractivity contribution in [3.63, 3.8) is 0 Å². The summed E-state index contributed by atoms with van der Waals surface area (Å²) < 4.78 is 1.88. The van der Waals surface area contributed by atoms with E-state index >= 15 is 0 Å². The first kappa shape index (κ1) is 14.3. The first-order valence-corrected chi connectivity index (χ1v) is 7.16. The van der Waals surface area contributed by atoms with E-state index in [0.717, 1.165) is 28.1 Å². The molecule has 0 bridgehead atoms. The van der Waals surface area contributed by atoms with Gasteiger partial charge in [0.25, 0.3) is 0 Å². The summed E-state index contributed by atoms with van der Waals surface area (Å²) in [7, 11) is 0. The first-order valence-electron chi connectivity index (χ1n) is 7.16. The number of fused-ring (bicyclic) bond motifs is 1. The lowest BCUT2D eigenvalue weighted by Gasteiger charge is -2.07. The maximum Gasteiger partial charge on any atom is 0.305 e. The number of aryl methyl sites for hydroxylation is 3. The van der Waals surface area contributed by atoms with Crippen molar-refractivity contribution in [3.05, 3.63) is 47.7 Å². The van der Waals surface area contributed by atoms with Crippen LogP contribution in [-0.4, -0.2) is 25.6 Å². The van der Waals surface area contributed by atoms with Crippen molar-refractivity contribution in [3.8, 4) is 11.4 Å². The molecule has 5 heteroatoms. The van der Waals surface area contributed by atoms with Crippen LogP contribution in [0.15, 0.2) is 36.5 Å². The number of hydrogen-bond acceptors (Lipinski definition) is 3. The molecule has 0 atom stereocenters. The number of nitrogens with zero attached hydrogens (tertiary/aromatic N) is 3. The van der Waals surface area contributed by atoms with Crippen molar-refractivity contribution in [2.75, 3.05) is 0 Å². The average Bonchev–Trinajstić information content (AvgIpc) is 2.83. The minimum Gasteiger partial charge on any atom is -0.481 e. The molecule has 3 aromatic rings. The van der Waals surface area contributed by atoms with Crippen LogP contribution in [0.3, 0.4) is 0 Å². The summed E-state index contributed by atoms with van der Waals surface area (Å²) in [5.41, 5.74) is 4.69. The minimum absolute atomic E-state index is 0.0415. The fraction of sp³-hybridized carbons (Fsp3) is 0.235. The molecular formula is C17H17N3O2. The molecule has 0 radical (unpaired) electrons. The molecule has 1 N–H and O–H groups in total. The number of benzene rings is 1. The van der Waals surface area contributed by atoms with Gasteiger partial charge in [-0.05, 0) is 25.5 Å². The summed E-state index contributed by atoms with van der Waals surface area (Å²) in [5.74, 6) is -0.0711. The highest BCUT2D eigenvalue weighted by Crippen LogP contribution is 2.25. The third-order valence-corrected chi connectivity index (χ3v) is 3.58. The highest BCUT2D eigenvalue weighted by atomic mass is 16.4. The smallest absolute Gasteiger partial charge is 0.305 e. The molecule has 0 spiro atoms. The van der Waals surface area contributed by atoms with E-state index in [-0.39, 0.29) is 6.42 Å². The van der Waals surface area contributed by atoms with Crippen LogP contribution in [0.2, 0.25) is 0 Å². The zero-order valence-corrected chi connectivity index (χ0v) is 12.6. The van der Waals surface area contributed by atoms with Gasteiger partial charge in [-0.25, -0.2) is 9.97 Å². The Hall–Kier alpha value is -2.69. The zero-order valence-electron chi connectivity index (χ0n) is 12.6. The summed E-state index contributed by atoms with van der Waals surface area (Å²) in [6.45, 7) is 4.35. The Bertz CT molecular complexity index is 835. The number of pyridine rings is 1. The second-order valence-electron chi connectivity index (χ2n) is 5.45. The number of rotatable bonds is 4. The van der Waals surface area contributed by atoms with Crippen LogP contribution in [-0.2, 0) is 11.3 Å². The van der Waals surface area contributed by atoms with E-state index in [4.69, 9.17) is 5.11 Å². The molecule has 2 aromatic heterocycles. The van der Waals surface area contributed by atoms with Gasteiger partial charge < -0.3 is 9.67 Å². The topological polar surface area (TPSA) is 68.0 Å². The zero-order chi connectivity index (χ0) is 15.7. The second-order valence-corrected chi connectivity index (χ2v) is 5.45. The molecule has 0 amide bonds. The van der Waals surface area contributed by atoms with Gasteiger partial charge in [0, 0.05) is 18.3 Å². The Labute approximate surface area is 128 Å². The van der Waals surface area contributed by atoms with Gasteiger partial charge in [0.2, 0.25) is 0 Å². The molecule has 0 fully saturated rings. The fourth-order valence-electron chi connectivity index (χ4n) is 2.45. The number of carboxylic acid groups (broad SMARTS) is 1. The van der Waals surface area contributed by atoms with Crippen molar-refractivity contribution >= 4 is 17.1 Å². The van der Waals surface area contributed by atoms with Gasteiger partial charge in [-0.15, -0.1) is 0 Å². The van der Waals surface area contributed by atoms with Crippen molar-refractivity contribution in [2.24, 2.45) is 0 Å². The second kappa shape index (κ2) is 5.60. The Kier molecular flexibility index (Phi) is 3.63. The van der Waals surface area contributed by atoms with E-state index in [1.54, 1.807) is 6.20 Å². The van der Waals surface area contributed by atoms with Gasteiger partial charge >= 0.3 is 5.97 Å². The van der Waals surface area contributed by atoms with E-state index in [9.17, 15) is 4.79 Å². The molecule has 22 heavy (non-hydrogen) atoms. The van der Waals surface area contributed by atoms with Crippen molar-refractivity contribution in [1.82, 2.24) is 14.5 Å². The maximum atomic E-state index is 10.9. The molecule has 1 aromatic carbocycles. The standard InChI is InChI=1S/C17H17N3O2/c1-11-3-5-13(6-4-11)16-19-14-9-12(2)10-18-17(14)20(16)8-7-15(21)22/h3-6,9-10H,7-8H2,1-2H3,(H,21,22). The number of hydrogen-bond donors (Lipinski definition) is 1. The molecule has 0 saturated heterocycles. The van der Waals surface area contributed by atoms with Gasteiger partial charge in [0.15, 0.2) is 5.65 Å². The SMILES string of the molecule is Cc1ccc(-c2nc3cc(C)cnc3n2CCC(=O)O)cc1. The van der Waals surface area contributed by atoms with Crippen LogP contribution < -0.4 is 0 Å². The van der Waals surface area contributed by atoms with Crippen LogP contribution >= 0.6 is 0 Å². The molecule has 2 heterocycles. The number of imidazole rings is 1. The minimum atomic E-state index is -0.830. The Balaban J connectivity index is 2.16. The summed E-state index contributed by atoms with van der Waals surface area (Å²) in [4.78, 5) is 20.0. The summed E-state index contributed by atoms with van der Waals surface area (Å²) >= 11 is 0. The van der Waals surface area contributed by atoms with Crippen LogP contribution in [0.25, 0.3) is 22.6 Å². The lowest BCUT2D eigenvalue weighted by atomic mass is 10.1. The third-order valence-electron chi connectivity index (χ3n) is 3.58. The van der Waals surface area contributed by atoms with Gasteiger partial charge in [-0.1, -0.05) is 29.8 Å². The Morgan fingerprint density at radius 1 is 1.18 bits per heavy atom. The quantitative estimate of drug-likeness (QED) is 0.802. The van der Waals surface area contributed by atoms with Crippen LogP contribution in [0, 0.1) is 13.8 Å². The lowest BCUT2D eigenvalue weighted by Crippen LogP contribution is -2.06. The molecular weight excluding hydrogens is 278 g/mol. The molecule has 0 saturated carbocycles. The van der Waals surface area contributed by atoms with Gasteiger partial charge in [0.05, 0.1) is 6.42 Å². The number of carbonyl (C=O) groups is 1. The Morgan fingerprint density at radius 2 is 1.91 bits per heavy atom. The number of aromatic nitrogens is 3. The maximum absolute atomic E-state index is 10.9.